The van der Waals surface area contributed by atoms with Crippen molar-refractivity contribution in [3.05, 3.63) is 39.9 Å². The Kier molecular flexibility index (Phi) is 3.70. The van der Waals surface area contributed by atoms with Gasteiger partial charge in [-0.2, -0.15) is 0 Å². The van der Waals surface area contributed by atoms with Crippen LogP contribution >= 0.6 is 0 Å². The molecular formula is C10H11NO5. The van der Waals surface area contributed by atoms with E-state index in [4.69, 9.17) is 0 Å². The van der Waals surface area contributed by atoms with Crippen LogP contribution in [0.2, 0.25) is 0 Å². The highest BCUT2D eigenvalue weighted by Gasteiger charge is 2.23. The Morgan fingerprint density at radius 3 is 2.56 bits per heavy atom. The third kappa shape index (κ3) is 2.62. The normalized spacial score (nSPS) is 14.2. The lowest BCUT2D eigenvalue weighted by molar-refractivity contribution is -0.385. The van der Waals surface area contributed by atoms with Gasteiger partial charge in [-0.25, -0.2) is 0 Å². The summed E-state index contributed by atoms with van der Waals surface area (Å²) < 4.78 is 0. The Morgan fingerprint density at radius 2 is 2.06 bits per heavy atom. The largest absolute Gasteiger partial charge is 0.385 e. The molecule has 16 heavy (non-hydrogen) atoms. The minimum absolute atomic E-state index is 0.136. The summed E-state index contributed by atoms with van der Waals surface area (Å²) in [7, 11) is 0. The molecule has 0 spiro atoms. The standard InChI is InChI=1S/C10H11NO5/c1-6(12)9(13)10(14)7-3-2-4-8(5-7)11(15)16/h2-5,9-10,13-14H,1H3/t9-,10-/m1/s1. The van der Waals surface area contributed by atoms with Gasteiger partial charge in [0.2, 0.25) is 0 Å². The van der Waals surface area contributed by atoms with E-state index in [2.05, 4.69) is 0 Å². The van der Waals surface area contributed by atoms with Crippen molar-refractivity contribution in [3.63, 3.8) is 0 Å². The second kappa shape index (κ2) is 4.82. The van der Waals surface area contributed by atoms with Gasteiger partial charge in [0.15, 0.2) is 5.78 Å². The number of Topliss-reactive ketones (excluding diaryl/α,β-unsaturated/α-hetero) is 1. The number of aliphatic hydroxyl groups excluding tert-OH is 2. The summed E-state index contributed by atoms with van der Waals surface area (Å²) in [5, 5.41) is 29.4. The number of hydrogen-bond donors (Lipinski definition) is 2. The molecule has 0 saturated carbocycles. The Labute approximate surface area is 91.3 Å². The zero-order valence-corrected chi connectivity index (χ0v) is 8.53. The molecule has 0 radical (unpaired) electrons. The molecule has 6 nitrogen and oxygen atoms in total. The topological polar surface area (TPSA) is 101 Å². The van der Waals surface area contributed by atoms with Gasteiger partial charge in [-0.15, -0.1) is 0 Å². The van der Waals surface area contributed by atoms with Crippen LogP contribution in [0.15, 0.2) is 24.3 Å². The molecular weight excluding hydrogens is 214 g/mol. The van der Waals surface area contributed by atoms with Crippen molar-refractivity contribution in [1.82, 2.24) is 0 Å². The lowest BCUT2D eigenvalue weighted by atomic mass is 10.0. The van der Waals surface area contributed by atoms with Gasteiger partial charge in [0.25, 0.3) is 5.69 Å². The number of carbonyl (C=O) groups is 1. The van der Waals surface area contributed by atoms with E-state index in [1.807, 2.05) is 0 Å². The van der Waals surface area contributed by atoms with Crippen molar-refractivity contribution in [2.75, 3.05) is 0 Å². The number of nitrogens with zero attached hydrogens (tertiary/aromatic N) is 1. The van der Waals surface area contributed by atoms with Crippen molar-refractivity contribution < 1.29 is 19.9 Å². The molecule has 0 unspecified atom stereocenters. The van der Waals surface area contributed by atoms with Gasteiger partial charge < -0.3 is 10.2 Å². The Bertz CT molecular complexity index is 417. The first kappa shape index (κ1) is 12.3. The highest BCUT2D eigenvalue weighted by Crippen LogP contribution is 2.21. The Balaban J connectivity index is 3.00. The maximum atomic E-state index is 10.8. The predicted octanol–water partition coefficient (Wildman–Crippen LogP) is 0.578. The van der Waals surface area contributed by atoms with E-state index >= 15 is 0 Å². The number of non-ortho nitro benzene ring substituents is 1. The van der Waals surface area contributed by atoms with E-state index in [9.17, 15) is 25.1 Å². The minimum atomic E-state index is -1.57. The minimum Gasteiger partial charge on any atom is -0.385 e. The summed E-state index contributed by atoms with van der Waals surface area (Å²) in [4.78, 5) is 20.7. The van der Waals surface area contributed by atoms with Crippen LogP contribution in [0.5, 0.6) is 0 Å². The van der Waals surface area contributed by atoms with Crippen LogP contribution in [0.25, 0.3) is 0 Å². The number of carbonyl (C=O) groups excluding carboxylic acids is 1. The zero-order valence-electron chi connectivity index (χ0n) is 8.53. The van der Waals surface area contributed by atoms with E-state index in [0.29, 0.717) is 0 Å². The van der Waals surface area contributed by atoms with Crippen molar-refractivity contribution in [2.24, 2.45) is 0 Å². The molecule has 0 aliphatic heterocycles. The summed E-state index contributed by atoms with van der Waals surface area (Å²) in [5.74, 6) is -0.598. The van der Waals surface area contributed by atoms with Crippen molar-refractivity contribution in [1.29, 1.82) is 0 Å². The van der Waals surface area contributed by atoms with Gasteiger partial charge in [-0.1, -0.05) is 12.1 Å². The van der Waals surface area contributed by atoms with Gasteiger partial charge in [-0.3, -0.25) is 14.9 Å². The fraction of sp³-hybridized carbons (Fsp3) is 0.300. The summed E-state index contributed by atoms with van der Waals surface area (Å²) >= 11 is 0. The first-order valence-corrected chi connectivity index (χ1v) is 4.54. The van der Waals surface area contributed by atoms with Crippen LogP contribution in [0, 0.1) is 10.1 Å². The molecule has 0 aliphatic rings. The zero-order chi connectivity index (χ0) is 12.3. The molecule has 6 heteroatoms. The van der Waals surface area contributed by atoms with E-state index in [1.54, 1.807) is 0 Å². The molecule has 0 saturated heterocycles. The number of rotatable bonds is 4. The number of aliphatic hydroxyl groups is 2. The molecule has 0 amide bonds. The second-order valence-corrected chi connectivity index (χ2v) is 3.35. The molecule has 0 fully saturated rings. The van der Waals surface area contributed by atoms with Gasteiger partial charge in [0, 0.05) is 12.1 Å². The van der Waals surface area contributed by atoms with Crippen LogP contribution < -0.4 is 0 Å². The third-order valence-electron chi connectivity index (χ3n) is 2.14. The molecule has 1 aromatic rings. The van der Waals surface area contributed by atoms with Gasteiger partial charge >= 0.3 is 0 Å². The van der Waals surface area contributed by atoms with Gasteiger partial charge in [0.1, 0.15) is 12.2 Å². The molecule has 2 atom stereocenters. The van der Waals surface area contributed by atoms with Crippen molar-refractivity contribution in [2.45, 2.75) is 19.1 Å². The smallest absolute Gasteiger partial charge is 0.269 e. The molecule has 86 valence electrons. The lowest BCUT2D eigenvalue weighted by Crippen LogP contribution is -2.25. The summed E-state index contributed by atoms with van der Waals surface area (Å²) in [6.45, 7) is 1.13. The van der Waals surface area contributed by atoms with E-state index in [-0.39, 0.29) is 11.3 Å². The average molecular weight is 225 g/mol. The van der Waals surface area contributed by atoms with Crippen LogP contribution in [-0.2, 0) is 4.79 Å². The number of nitro groups is 1. The maximum absolute atomic E-state index is 10.8. The molecule has 2 N–H and O–H groups in total. The van der Waals surface area contributed by atoms with Gasteiger partial charge in [-0.05, 0) is 12.5 Å². The first-order chi connectivity index (χ1) is 7.43. The molecule has 0 heterocycles. The van der Waals surface area contributed by atoms with E-state index < -0.39 is 22.9 Å². The van der Waals surface area contributed by atoms with Crippen molar-refractivity contribution in [3.8, 4) is 0 Å². The summed E-state index contributed by atoms with van der Waals surface area (Å²) in [6, 6.07) is 5.17. The van der Waals surface area contributed by atoms with Crippen LogP contribution in [0.1, 0.15) is 18.6 Å². The van der Waals surface area contributed by atoms with Crippen LogP contribution in [0.4, 0.5) is 5.69 Å². The number of benzene rings is 1. The quantitative estimate of drug-likeness (QED) is 0.576. The van der Waals surface area contributed by atoms with E-state index in [0.717, 1.165) is 13.0 Å². The Hall–Kier alpha value is -1.79. The second-order valence-electron chi connectivity index (χ2n) is 3.35. The summed E-state index contributed by atoms with van der Waals surface area (Å²) in [6.07, 6.45) is -3.01. The molecule has 0 bridgehead atoms. The molecule has 0 aromatic heterocycles. The lowest BCUT2D eigenvalue weighted by Gasteiger charge is -2.14. The number of nitro benzene ring substituents is 1. The molecule has 1 aromatic carbocycles. The highest BCUT2D eigenvalue weighted by molar-refractivity contribution is 5.81. The predicted molar refractivity (Wildman–Crippen MR) is 54.7 cm³/mol. The average Bonchev–Trinajstić information content (AvgIpc) is 2.27. The maximum Gasteiger partial charge on any atom is 0.269 e. The first-order valence-electron chi connectivity index (χ1n) is 4.54. The van der Waals surface area contributed by atoms with Crippen LogP contribution in [-0.4, -0.2) is 27.0 Å². The fourth-order valence-electron chi connectivity index (χ4n) is 1.23. The monoisotopic (exact) mass is 225 g/mol. The highest BCUT2D eigenvalue weighted by atomic mass is 16.6. The van der Waals surface area contributed by atoms with Crippen LogP contribution in [0.3, 0.4) is 0 Å². The van der Waals surface area contributed by atoms with Crippen molar-refractivity contribution >= 4 is 11.5 Å². The fourth-order valence-corrected chi connectivity index (χ4v) is 1.23. The van der Waals surface area contributed by atoms with Gasteiger partial charge in [0.05, 0.1) is 4.92 Å². The SMILES string of the molecule is CC(=O)[C@@H](O)[C@H](O)c1cccc([N+](=O)[O-])c1. The van der Waals surface area contributed by atoms with E-state index in [1.165, 1.54) is 18.2 Å². The number of hydrogen-bond acceptors (Lipinski definition) is 5. The summed E-state index contributed by atoms with van der Waals surface area (Å²) in [5.41, 5.74) is -0.0656. The third-order valence-corrected chi connectivity index (χ3v) is 2.14. The number of ketones is 1. The Morgan fingerprint density at radius 1 is 1.44 bits per heavy atom. The molecule has 0 aliphatic carbocycles. The molecule has 1 rings (SSSR count).